The SMILES string of the molecule is Nc1c(-c2ccc(C(F)F)cc2)ncn1C1CC1. The van der Waals surface area contributed by atoms with Gasteiger partial charge in [-0.15, -0.1) is 0 Å². The second kappa shape index (κ2) is 4.08. The van der Waals surface area contributed by atoms with Gasteiger partial charge >= 0.3 is 0 Å². The van der Waals surface area contributed by atoms with E-state index in [-0.39, 0.29) is 5.56 Å². The van der Waals surface area contributed by atoms with Crippen LogP contribution in [0, 0.1) is 0 Å². The molecule has 2 aromatic rings. The highest BCUT2D eigenvalue weighted by atomic mass is 19.3. The molecule has 0 amide bonds. The largest absolute Gasteiger partial charge is 0.383 e. The van der Waals surface area contributed by atoms with Crippen molar-refractivity contribution < 1.29 is 8.78 Å². The number of imidazole rings is 1. The van der Waals surface area contributed by atoms with E-state index in [1.165, 1.54) is 12.1 Å². The van der Waals surface area contributed by atoms with Crippen LogP contribution >= 0.6 is 0 Å². The van der Waals surface area contributed by atoms with E-state index in [4.69, 9.17) is 5.73 Å². The molecule has 1 aromatic heterocycles. The third-order valence-corrected chi connectivity index (χ3v) is 3.21. The van der Waals surface area contributed by atoms with Gasteiger partial charge in [0.2, 0.25) is 0 Å². The van der Waals surface area contributed by atoms with Gasteiger partial charge in [-0.3, -0.25) is 0 Å². The Morgan fingerprint density at radius 3 is 2.44 bits per heavy atom. The standard InChI is InChI=1S/C13H13F2N3/c14-12(15)9-3-1-8(2-4-9)11-13(16)18(7-17-11)10-5-6-10/h1-4,7,10,12H,5-6,16H2. The maximum Gasteiger partial charge on any atom is 0.263 e. The Labute approximate surface area is 103 Å². The highest BCUT2D eigenvalue weighted by Crippen LogP contribution is 2.39. The molecule has 1 heterocycles. The fraction of sp³-hybridized carbons (Fsp3) is 0.308. The second-order valence-electron chi connectivity index (χ2n) is 4.54. The third-order valence-electron chi connectivity index (χ3n) is 3.21. The summed E-state index contributed by atoms with van der Waals surface area (Å²) in [5, 5.41) is 0. The van der Waals surface area contributed by atoms with Gasteiger partial charge in [-0.05, 0) is 12.8 Å². The Hall–Kier alpha value is -1.91. The van der Waals surface area contributed by atoms with E-state index in [2.05, 4.69) is 4.98 Å². The number of hydrogen-bond donors (Lipinski definition) is 1. The van der Waals surface area contributed by atoms with Crippen LogP contribution in [-0.2, 0) is 0 Å². The smallest absolute Gasteiger partial charge is 0.263 e. The van der Waals surface area contributed by atoms with E-state index in [1.807, 2.05) is 4.57 Å². The molecule has 3 nitrogen and oxygen atoms in total. The molecule has 0 unspecified atom stereocenters. The van der Waals surface area contributed by atoms with Gasteiger partial charge < -0.3 is 10.3 Å². The number of nitrogens with zero attached hydrogens (tertiary/aromatic N) is 2. The zero-order valence-corrected chi connectivity index (χ0v) is 9.68. The summed E-state index contributed by atoms with van der Waals surface area (Å²) in [6.07, 6.45) is 1.54. The normalized spacial score (nSPS) is 15.3. The minimum Gasteiger partial charge on any atom is -0.383 e. The first-order valence-corrected chi connectivity index (χ1v) is 5.87. The van der Waals surface area contributed by atoms with Crippen molar-refractivity contribution >= 4 is 5.82 Å². The summed E-state index contributed by atoms with van der Waals surface area (Å²) in [5.74, 6) is 0.613. The van der Waals surface area contributed by atoms with Gasteiger partial charge in [-0.1, -0.05) is 24.3 Å². The van der Waals surface area contributed by atoms with Crippen molar-refractivity contribution in [2.45, 2.75) is 25.3 Å². The molecule has 0 bridgehead atoms. The molecule has 1 aliphatic carbocycles. The zero-order chi connectivity index (χ0) is 12.7. The van der Waals surface area contributed by atoms with Gasteiger partial charge in [0.1, 0.15) is 11.5 Å². The first kappa shape index (κ1) is 11.2. The lowest BCUT2D eigenvalue weighted by Crippen LogP contribution is -1.99. The van der Waals surface area contributed by atoms with Gasteiger partial charge in [-0.25, -0.2) is 13.8 Å². The van der Waals surface area contributed by atoms with Crippen LogP contribution in [0.15, 0.2) is 30.6 Å². The average Bonchev–Trinajstić information content (AvgIpc) is 3.13. The Bertz CT molecular complexity index is 556. The van der Waals surface area contributed by atoms with Crippen molar-refractivity contribution in [2.24, 2.45) is 0 Å². The zero-order valence-electron chi connectivity index (χ0n) is 9.68. The summed E-state index contributed by atoms with van der Waals surface area (Å²) < 4.78 is 26.9. The van der Waals surface area contributed by atoms with Crippen LogP contribution in [0.1, 0.15) is 30.9 Å². The van der Waals surface area contributed by atoms with Crippen LogP contribution in [0.2, 0.25) is 0 Å². The molecule has 1 aromatic carbocycles. The predicted octanol–water partition coefficient (Wildman–Crippen LogP) is 3.40. The van der Waals surface area contributed by atoms with Crippen LogP contribution in [0.3, 0.4) is 0 Å². The molecule has 0 saturated heterocycles. The summed E-state index contributed by atoms with van der Waals surface area (Å²) in [7, 11) is 0. The first-order valence-electron chi connectivity index (χ1n) is 5.87. The number of rotatable bonds is 3. The molecular formula is C13H13F2N3. The molecule has 0 atom stereocenters. The van der Waals surface area contributed by atoms with E-state index in [0.717, 1.165) is 18.4 Å². The molecule has 0 aliphatic heterocycles. The van der Waals surface area contributed by atoms with E-state index >= 15 is 0 Å². The summed E-state index contributed by atoms with van der Waals surface area (Å²) >= 11 is 0. The first-order chi connectivity index (χ1) is 8.66. The Balaban J connectivity index is 1.94. The van der Waals surface area contributed by atoms with Crippen molar-refractivity contribution in [1.29, 1.82) is 0 Å². The van der Waals surface area contributed by atoms with Crippen LogP contribution < -0.4 is 5.73 Å². The van der Waals surface area contributed by atoms with Gasteiger partial charge in [0.05, 0.1) is 6.33 Å². The van der Waals surface area contributed by atoms with Gasteiger partial charge in [-0.2, -0.15) is 0 Å². The second-order valence-corrected chi connectivity index (χ2v) is 4.54. The number of nitrogen functional groups attached to an aromatic ring is 1. The summed E-state index contributed by atoms with van der Waals surface area (Å²) in [6.45, 7) is 0. The maximum absolute atomic E-state index is 12.5. The van der Waals surface area contributed by atoms with Crippen LogP contribution in [0.4, 0.5) is 14.6 Å². The van der Waals surface area contributed by atoms with Gasteiger partial charge in [0.25, 0.3) is 6.43 Å². The van der Waals surface area contributed by atoms with Crippen LogP contribution in [0.25, 0.3) is 11.3 Å². The minimum atomic E-state index is -2.44. The molecule has 0 spiro atoms. The molecule has 1 saturated carbocycles. The van der Waals surface area contributed by atoms with Gasteiger partial charge in [0.15, 0.2) is 0 Å². The predicted molar refractivity (Wildman–Crippen MR) is 65.3 cm³/mol. The topological polar surface area (TPSA) is 43.8 Å². The fourth-order valence-electron chi connectivity index (χ4n) is 2.02. The fourth-order valence-corrected chi connectivity index (χ4v) is 2.02. The van der Waals surface area contributed by atoms with E-state index in [0.29, 0.717) is 17.6 Å². The van der Waals surface area contributed by atoms with Crippen molar-refractivity contribution in [3.05, 3.63) is 36.2 Å². The van der Waals surface area contributed by atoms with E-state index in [9.17, 15) is 8.78 Å². The third kappa shape index (κ3) is 1.85. The van der Waals surface area contributed by atoms with Crippen LogP contribution in [0.5, 0.6) is 0 Å². The molecule has 3 rings (SSSR count). The Morgan fingerprint density at radius 2 is 1.89 bits per heavy atom. The number of hydrogen-bond acceptors (Lipinski definition) is 2. The number of anilines is 1. The summed E-state index contributed by atoms with van der Waals surface area (Å²) in [4.78, 5) is 4.27. The van der Waals surface area contributed by atoms with Crippen molar-refractivity contribution in [2.75, 3.05) is 5.73 Å². The Morgan fingerprint density at radius 1 is 1.22 bits per heavy atom. The Kier molecular flexibility index (Phi) is 2.54. The number of halogens is 2. The minimum absolute atomic E-state index is 0.0129. The highest BCUT2D eigenvalue weighted by Gasteiger charge is 2.26. The molecule has 1 fully saturated rings. The van der Waals surface area contributed by atoms with E-state index in [1.54, 1.807) is 18.5 Å². The lowest BCUT2D eigenvalue weighted by Gasteiger charge is -2.04. The van der Waals surface area contributed by atoms with E-state index < -0.39 is 6.43 Å². The maximum atomic E-state index is 12.5. The number of aromatic nitrogens is 2. The van der Waals surface area contributed by atoms with Gasteiger partial charge in [0, 0.05) is 17.2 Å². The molecular weight excluding hydrogens is 236 g/mol. The lowest BCUT2D eigenvalue weighted by atomic mass is 10.1. The molecule has 18 heavy (non-hydrogen) atoms. The molecule has 94 valence electrons. The lowest BCUT2D eigenvalue weighted by molar-refractivity contribution is 0.151. The summed E-state index contributed by atoms with van der Waals surface area (Å²) in [6, 6.07) is 6.56. The highest BCUT2D eigenvalue weighted by molar-refractivity contribution is 5.70. The summed E-state index contributed by atoms with van der Waals surface area (Å²) in [5.41, 5.74) is 7.48. The van der Waals surface area contributed by atoms with Crippen molar-refractivity contribution in [1.82, 2.24) is 9.55 Å². The molecule has 1 aliphatic rings. The van der Waals surface area contributed by atoms with Crippen molar-refractivity contribution in [3.63, 3.8) is 0 Å². The number of nitrogens with two attached hydrogens (primary N) is 1. The monoisotopic (exact) mass is 249 g/mol. The van der Waals surface area contributed by atoms with Crippen LogP contribution in [-0.4, -0.2) is 9.55 Å². The quantitative estimate of drug-likeness (QED) is 0.905. The number of benzene rings is 1. The number of alkyl halides is 2. The molecule has 2 N–H and O–H groups in total. The molecule has 5 heteroatoms. The molecule has 0 radical (unpaired) electrons. The van der Waals surface area contributed by atoms with Crippen molar-refractivity contribution in [3.8, 4) is 11.3 Å². The average molecular weight is 249 g/mol.